The molecule has 0 aromatic carbocycles. The Kier molecular flexibility index (Phi) is 12.4. The summed E-state index contributed by atoms with van der Waals surface area (Å²) in [6.45, 7) is 4.20. The SMILES string of the molecule is CCOC(CCN(C)C)CNC(=NC)NCc1nc(C(F)(F)F)cs1.I. The van der Waals surface area contributed by atoms with E-state index in [-0.39, 0.29) is 36.6 Å². The minimum absolute atomic E-state index is 0. The molecule has 11 heteroatoms. The lowest BCUT2D eigenvalue weighted by atomic mass is 10.2. The van der Waals surface area contributed by atoms with Crippen LogP contribution < -0.4 is 10.6 Å². The zero-order chi connectivity index (χ0) is 18.9. The molecule has 2 N–H and O–H groups in total. The van der Waals surface area contributed by atoms with Crippen LogP contribution in [0.5, 0.6) is 0 Å². The first kappa shape index (κ1) is 25.3. The van der Waals surface area contributed by atoms with Crippen molar-refractivity contribution in [2.24, 2.45) is 4.99 Å². The molecule has 0 bridgehead atoms. The molecule has 26 heavy (non-hydrogen) atoms. The number of nitrogens with zero attached hydrogens (tertiary/aromatic N) is 3. The fraction of sp³-hybridized carbons (Fsp3) is 0.733. The van der Waals surface area contributed by atoms with E-state index in [0.29, 0.717) is 24.1 Å². The standard InChI is InChI=1S/C15H26F3N5OS.HI/c1-5-24-11(6-7-23(3)4)8-20-14(19-2)21-9-13-22-12(10-25-13)15(16,17)18;/h10-11H,5-9H2,1-4H3,(H2,19,20,21);1H. The van der Waals surface area contributed by atoms with Crippen LogP contribution >= 0.6 is 35.3 Å². The van der Waals surface area contributed by atoms with E-state index in [2.05, 4.69) is 25.5 Å². The van der Waals surface area contributed by atoms with E-state index in [1.54, 1.807) is 7.05 Å². The third-order valence-corrected chi connectivity index (χ3v) is 4.12. The number of hydrogen-bond acceptors (Lipinski definition) is 5. The summed E-state index contributed by atoms with van der Waals surface area (Å²) >= 11 is 0.966. The Morgan fingerprint density at radius 2 is 2.08 bits per heavy atom. The molecule has 0 fully saturated rings. The number of aromatic nitrogens is 1. The van der Waals surface area contributed by atoms with Crippen LogP contribution in [0.3, 0.4) is 0 Å². The van der Waals surface area contributed by atoms with Crippen LogP contribution in [0, 0.1) is 0 Å². The lowest BCUT2D eigenvalue weighted by Gasteiger charge is -2.21. The van der Waals surface area contributed by atoms with Gasteiger partial charge in [0, 0.05) is 32.1 Å². The molecule has 6 nitrogen and oxygen atoms in total. The summed E-state index contributed by atoms with van der Waals surface area (Å²) in [4.78, 5) is 9.73. The number of nitrogens with one attached hydrogen (secondary N) is 2. The van der Waals surface area contributed by atoms with E-state index >= 15 is 0 Å². The topological polar surface area (TPSA) is 61.8 Å². The number of guanidine groups is 1. The molecule has 1 aromatic heterocycles. The van der Waals surface area contributed by atoms with Crippen molar-refractivity contribution >= 4 is 41.3 Å². The Labute approximate surface area is 173 Å². The van der Waals surface area contributed by atoms with Crippen LogP contribution in [0.2, 0.25) is 0 Å². The van der Waals surface area contributed by atoms with Crippen LogP contribution in [-0.2, 0) is 17.5 Å². The van der Waals surface area contributed by atoms with Crippen molar-refractivity contribution in [2.45, 2.75) is 32.2 Å². The Morgan fingerprint density at radius 1 is 1.38 bits per heavy atom. The molecule has 0 spiro atoms. The molecule has 1 heterocycles. The highest BCUT2D eigenvalue weighted by Crippen LogP contribution is 2.29. The second kappa shape index (κ2) is 12.7. The summed E-state index contributed by atoms with van der Waals surface area (Å²) < 4.78 is 43.3. The third-order valence-electron chi connectivity index (χ3n) is 3.27. The Balaban J connectivity index is 0.00000625. The van der Waals surface area contributed by atoms with Gasteiger partial charge >= 0.3 is 6.18 Å². The highest BCUT2D eigenvalue weighted by molar-refractivity contribution is 14.0. The van der Waals surface area contributed by atoms with E-state index < -0.39 is 11.9 Å². The molecule has 0 amide bonds. The minimum Gasteiger partial charge on any atom is -0.377 e. The third kappa shape index (κ3) is 9.88. The number of alkyl halides is 3. The van der Waals surface area contributed by atoms with E-state index in [9.17, 15) is 13.2 Å². The fourth-order valence-electron chi connectivity index (χ4n) is 1.99. The molecule has 1 aromatic rings. The van der Waals surface area contributed by atoms with Gasteiger partial charge in [0.15, 0.2) is 11.7 Å². The van der Waals surface area contributed by atoms with Gasteiger partial charge in [0.25, 0.3) is 0 Å². The van der Waals surface area contributed by atoms with Crippen molar-refractivity contribution in [1.29, 1.82) is 0 Å². The average molecular weight is 509 g/mol. The molecular formula is C15H27F3IN5OS. The van der Waals surface area contributed by atoms with Crippen LogP contribution in [-0.4, -0.2) is 62.8 Å². The molecule has 1 rings (SSSR count). The maximum atomic E-state index is 12.5. The predicted octanol–water partition coefficient (Wildman–Crippen LogP) is 2.80. The first-order chi connectivity index (χ1) is 11.8. The number of aliphatic imine (C=N–C) groups is 1. The quantitative estimate of drug-likeness (QED) is 0.305. The van der Waals surface area contributed by atoms with Crippen molar-refractivity contribution in [3.63, 3.8) is 0 Å². The summed E-state index contributed by atoms with van der Waals surface area (Å²) in [6, 6.07) is 0. The minimum atomic E-state index is -4.41. The second-order valence-electron chi connectivity index (χ2n) is 5.60. The average Bonchev–Trinajstić information content (AvgIpc) is 3.01. The van der Waals surface area contributed by atoms with Gasteiger partial charge in [0.1, 0.15) is 5.01 Å². The first-order valence-electron chi connectivity index (χ1n) is 7.98. The smallest absolute Gasteiger partial charge is 0.377 e. The van der Waals surface area contributed by atoms with E-state index in [1.807, 2.05) is 21.0 Å². The highest BCUT2D eigenvalue weighted by atomic mass is 127. The van der Waals surface area contributed by atoms with Crippen LogP contribution in [0.25, 0.3) is 0 Å². The van der Waals surface area contributed by atoms with E-state index in [1.165, 1.54) is 0 Å². The molecular weight excluding hydrogens is 482 g/mol. The van der Waals surface area contributed by atoms with Gasteiger partial charge in [-0.3, -0.25) is 4.99 Å². The van der Waals surface area contributed by atoms with Crippen molar-refractivity contribution in [1.82, 2.24) is 20.5 Å². The summed E-state index contributed by atoms with van der Waals surface area (Å²) in [5.74, 6) is 0.498. The van der Waals surface area contributed by atoms with Crippen molar-refractivity contribution in [2.75, 3.05) is 40.8 Å². The lowest BCUT2D eigenvalue weighted by Crippen LogP contribution is -2.42. The number of thiazole rings is 1. The monoisotopic (exact) mass is 509 g/mol. The molecule has 1 atom stereocenters. The maximum Gasteiger partial charge on any atom is 0.434 e. The van der Waals surface area contributed by atoms with E-state index in [0.717, 1.165) is 29.7 Å². The molecule has 0 aliphatic heterocycles. The number of halogens is 4. The zero-order valence-corrected chi connectivity index (χ0v) is 18.5. The van der Waals surface area contributed by atoms with Crippen LogP contribution in [0.4, 0.5) is 13.2 Å². The van der Waals surface area contributed by atoms with Crippen molar-refractivity contribution in [3.05, 3.63) is 16.1 Å². The Hall–Kier alpha value is -0.660. The first-order valence-corrected chi connectivity index (χ1v) is 8.86. The molecule has 0 aliphatic carbocycles. The molecule has 0 radical (unpaired) electrons. The van der Waals surface area contributed by atoms with Crippen LogP contribution in [0.15, 0.2) is 10.4 Å². The van der Waals surface area contributed by atoms with Crippen LogP contribution in [0.1, 0.15) is 24.0 Å². The van der Waals surface area contributed by atoms with Gasteiger partial charge in [0.2, 0.25) is 0 Å². The summed E-state index contributed by atoms with van der Waals surface area (Å²) in [6.07, 6.45) is -3.51. The Bertz CT molecular complexity index is 540. The van der Waals surface area contributed by atoms with Gasteiger partial charge < -0.3 is 20.3 Å². The van der Waals surface area contributed by atoms with Gasteiger partial charge in [-0.1, -0.05) is 0 Å². The van der Waals surface area contributed by atoms with Gasteiger partial charge in [-0.05, 0) is 27.4 Å². The molecule has 0 saturated carbocycles. The molecule has 152 valence electrons. The summed E-state index contributed by atoms with van der Waals surface area (Å²) in [5.41, 5.74) is -0.864. The molecule has 0 saturated heterocycles. The van der Waals surface area contributed by atoms with Gasteiger partial charge in [0.05, 0.1) is 12.6 Å². The van der Waals surface area contributed by atoms with Gasteiger partial charge in [-0.2, -0.15) is 13.2 Å². The van der Waals surface area contributed by atoms with Crippen molar-refractivity contribution in [3.8, 4) is 0 Å². The highest BCUT2D eigenvalue weighted by Gasteiger charge is 2.33. The number of ether oxygens (including phenoxy) is 1. The Morgan fingerprint density at radius 3 is 2.58 bits per heavy atom. The largest absolute Gasteiger partial charge is 0.434 e. The maximum absolute atomic E-state index is 12.5. The predicted molar refractivity (Wildman–Crippen MR) is 109 cm³/mol. The van der Waals surface area contributed by atoms with Crippen molar-refractivity contribution < 1.29 is 17.9 Å². The van der Waals surface area contributed by atoms with Gasteiger partial charge in [-0.25, -0.2) is 4.98 Å². The second-order valence-corrected chi connectivity index (χ2v) is 6.54. The normalized spacial score (nSPS) is 13.5. The number of rotatable bonds is 9. The number of hydrogen-bond donors (Lipinski definition) is 2. The zero-order valence-electron chi connectivity index (χ0n) is 15.4. The van der Waals surface area contributed by atoms with E-state index in [4.69, 9.17) is 4.74 Å². The molecule has 0 aliphatic rings. The molecule has 1 unspecified atom stereocenters. The fourth-order valence-corrected chi connectivity index (χ4v) is 2.74. The summed E-state index contributed by atoms with van der Waals surface area (Å²) in [7, 11) is 5.61. The van der Waals surface area contributed by atoms with Gasteiger partial charge in [-0.15, -0.1) is 35.3 Å². The summed E-state index contributed by atoms with van der Waals surface area (Å²) in [5, 5.41) is 7.47. The lowest BCUT2D eigenvalue weighted by molar-refractivity contribution is -0.140.